The van der Waals surface area contributed by atoms with Gasteiger partial charge in [-0.25, -0.2) is 4.98 Å². The number of aromatic nitrogens is 3. The van der Waals surface area contributed by atoms with Gasteiger partial charge in [0.15, 0.2) is 0 Å². The minimum absolute atomic E-state index is 0.542. The Labute approximate surface area is 121 Å². The molecule has 0 aliphatic carbocycles. The molecule has 0 radical (unpaired) electrons. The van der Waals surface area contributed by atoms with Crippen LogP contribution in [0, 0.1) is 12.8 Å². The highest BCUT2D eigenvalue weighted by molar-refractivity contribution is 5.21. The smallest absolute Gasteiger partial charge is 0.138 e. The average Bonchev–Trinajstić information content (AvgIpc) is 2.84. The Bertz CT molecular complexity index is 516. The summed E-state index contributed by atoms with van der Waals surface area (Å²) in [6, 6.07) is 8.82. The molecule has 20 heavy (non-hydrogen) atoms. The summed E-state index contributed by atoms with van der Waals surface area (Å²) in [5.41, 5.74) is 2.70. The lowest BCUT2D eigenvalue weighted by Crippen LogP contribution is -2.26. The van der Waals surface area contributed by atoms with Crippen LogP contribution < -0.4 is 5.32 Å². The van der Waals surface area contributed by atoms with Crippen LogP contribution in [0.5, 0.6) is 0 Å². The fraction of sp³-hybridized carbons (Fsp3) is 0.500. The predicted molar refractivity (Wildman–Crippen MR) is 81.6 cm³/mol. The highest BCUT2D eigenvalue weighted by Crippen LogP contribution is 2.13. The van der Waals surface area contributed by atoms with Crippen molar-refractivity contribution in [2.75, 3.05) is 13.1 Å². The van der Waals surface area contributed by atoms with Crippen LogP contribution in [-0.4, -0.2) is 27.9 Å². The van der Waals surface area contributed by atoms with Crippen LogP contribution in [0.1, 0.15) is 23.9 Å². The molecule has 1 atom stereocenters. The molecule has 0 amide bonds. The summed E-state index contributed by atoms with van der Waals surface area (Å²) < 4.78 is 1.87. The number of hydrogen-bond acceptors (Lipinski definition) is 3. The molecule has 0 saturated carbocycles. The van der Waals surface area contributed by atoms with E-state index in [1.54, 1.807) is 6.33 Å². The van der Waals surface area contributed by atoms with Crippen LogP contribution >= 0.6 is 0 Å². The van der Waals surface area contributed by atoms with Crippen molar-refractivity contribution >= 4 is 0 Å². The zero-order valence-electron chi connectivity index (χ0n) is 12.6. The second kappa shape index (κ2) is 7.20. The number of nitrogens with one attached hydrogen (secondary N) is 1. The van der Waals surface area contributed by atoms with E-state index in [0.717, 1.165) is 31.8 Å². The van der Waals surface area contributed by atoms with Crippen molar-refractivity contribution in [3.63, 3.8) is 0 Å². The van der Waals surface area contributed by atoms with Crippen molar-refractivity contribution in [3.8, 4) is 0 Å². The van der Waals surface area contributed by atoms with Crippen LogP contribution in [0.4, 0.5) is 0 Å². The zero-order chi connectivity index (χ0) is 14.4. The Hall–Kier alpha value is -1.68. The van der Waals surface area contributed by atoms with E-state index in [2.05, 4.69) is 53.5 Å². The number of benzene rings is 1. The Kier molecular flexibility index (Phi) is 5.30. The van der Waals surface area contributed by atoms with Gasteiger partial charge in [0.2, 0.25) is 0 Å². The molecule has 0 bridgehead atoms. The normalized spacial score (nSPS) is 12.6. The van der Waals surface area contributed by atoms with Crippen LogP contribution in [-0.2, 0) is 19.9 Å². The van der Waals surface area contributed by atoms with Crippen LogP contribution in [0.15, 0.2) is 30.6 Å². The monoisotopic (exact) mass is 272 g/mol. The molecule has 0 saturated heterocycles. The van der Waals surface area contributed by atoms with E-state index >= 15 is 0 Å². The Morgan fingerprint density at radius 3 is 2.55 bits per heavy atom. The third-order valence-electron chi connectivity index (χ3n) is 3.60. The predicted octanol–water partition coefficient (Wildman–Crippen LogP) is 2.13. The molecule has 0 aliphatic heterocycles. The van der Waals surface area contributed by atoms with Gasteiger partial charge in [-0.15, -0.1) is 0 Å². The first-order valence-corrected chi connectivity index (χ1v) is 7.28. The van der Waals surface area contributed by atoms with E-state index in [1.807, 2.05) is 11.7 Å². The summed E-state index contributed by atoms with van der Waals surface area (Å²) in [5, 5.41) is 7.61. The minimum atomic E-state index is 0.542. The molecule has 0 fully saturated rings. The molecule has 2 aromatic rings. The van der Waals surface area contributed by atoms with E-state index in [-0.39, 0.29) is 0 Å². The van der Waals surface area contributed by atoms with Crippen molar-refractivity contribution in [1.29, 1.82) is 0 Å². The lowest BCUT2D eigenvalue weighted by Gasteiger charge is -2.17. The summed E-state index contributed by atoms with van der Waals surface area (Å²) in [7, 11) is 1.96. The van der Waals surface area contributed by atoms with Gasteiger partial charge in [-0.3, -0.25) is 4.68 Å². The van der Waals surface area contributed by atoms with Crippen LogP contribution in [0.3, 0.4) is 0 Å². The number of hydrogen-bond donors (Lipinski definition) is 1. The summed E-state index contributed by atoms with van der Waals surface area (Å²) in [4.78, 5) is 4.34. The van der Waals surface area contributed by atoms with E-state index in [4.69, 9.17) is 0 Å². The Balaban J connectivity index is 2.03. The van der Waals surface area contributed by atoms with Crippen molar-refractivity contribution in [3.05, 3.63) is 47.5 Å². The standard InChI is InChI=1S/C16H24N4/c1-4-17-11-15(10-16-18-12-19-20(16)3)9-14-7-5-13(2)6-8-14/h5-8,12,15,17H,4,9-11H2,1-3H3. The largest absolute Gasteiger partial charge is 0.317 e. The zero-order valence-corrected chi connectivity index (χ0v) is 12.6. The topological polar surface area (TPSA) is 42.7 Å². The van der Waals surface area contributed by atoms with Gasteiger partial charge in [0.05, 0.1) is 0 Å². The molecule has 1 aromatic heterocycles. The van der Waals surface area contributed by atoms with Crippen LogP contribution in [0.2, 0.25) is 0 Å². The highest BCUT2D eigenvalue weighted by Gasteiger charge is 2.13. The van der Waals surface area contributed by atoms with Crippen molar-refractivity contribution in [2.24, 2.45) is 13.0 Å². The molecule has 1 heterocycles. The van der Waals surface area contributed by atoms with Gasteiger partial charge in [-0.2, -0.15) is 5.10 Å². The molecule has 108 valence electrons. The Morgan fingerprint density at radius 1 is 1.20 bits per heavy atom. The maximum atomic E-state index is 4.34. The molecule has 4 heteroatoms. The van der Waals surface area contributed by atoms with Gasteiger partial charge in [0.25, 0.3) is 0 Å². The molecule has 2 rings (SSSR count). The number of rotatable bonds is 7. The van der Waals surface area contributed by atoms with E-state index < -0.39 is 0 Å². The van der Waals surface area contributed by atoms with Gasteiger partial charge in [0, 0.05) is 13.5 Å². The number of aryl methyl sites for hydroxylation is 2. The molecule has 0 spiro atoms. The van der Waals surface area contributed by atoms with E-state index in [1.165, 1.54) is 11.1 Å². The van der Waals surface area contributed by atoms with Crippen molar-refractivity contribution in [1.82, 2.24) is 20.1 Å². The van der Waals surface area contributed by atoms with Crippen LogP contribution in [0.25, 0.3) is 0 Å². The van der Waals surface area contributed by atoms with E-state index in [0.29, 0.717) is 5.92 Å². The van der Waals surface area contributed by atoms with Gasteiger partial charge in [0.1, 0.15) is 12.2 Å². The van der Waals surface area contributed by atoms with Crippen molar-refractivity contribution in [2.45, 2.75) is 26.7 Å². The first kappa shape index (κ1) is 14.7. The van der Waals surface area contributed by atoms with Crippen molar-refractivity contribution < 1.29 is 0 Å². The summed E-state index contributed by atoms with van der Waals surface area (Å²) in [5.74, 6) is 1.60. The quantitative estimate of drug-likeness (QED) is 0.839. The second-order valence-corrected chi connectivity index (χ2v) is 5.37. The fourth-order valence-electron chi connectivity index (χ4n) is 2.39. The molecule has 4 nitrogen and oxygen atoms in total. The molecule has 1 aromatic carbocycles. The number of nitrogens with zero attached hydrogens (tertiary/aromatic N) is 3. The lowest BCUT2D eigenvalue weighted by atomic mass is 9.95. The first-order chi connectivity index (χ1) is 9.69. The molecule has 0 aliphatic rings. The van der Waals surface area contributed by atoms with Gasteiger partial charge >= 0.3 is 0 Å². The van der Waals surface area contributed by atoms with Gasteiger partial charge < -0.3 is 5.32 Å². The SMILES string of the molecule is CCNCC(Cc1ccc(C)cc1)Cc1ncnn1C. The first-order valence-electron chi connectivity index (χ1n) is 7.28. The third-order valence-corrected chi connectivity index (χ3v) is 3.60. The Morgan fingerprint density at radius 2 is 1.95 bits per heavy atom. The molecular formula is C16H24N4. The molecule has 1 N–H and O–H groups in total. The fourth-order valence-corrected chi connectivity index (χ4v) is 2.39. The minimum Gasteiger partial charge on any atom is -0.317 e. The summed E-state index contributed by atoms with van der Waals surface area (Å²) >= 11 is 0. The summed E-state index contributed by atoms with van der Waals surface area (Å²) in [6.45, 7) is 6.28. The lowest BCUT2D eigenvalue weighted by molar-refractivity contribution is 0.459. The van der Waals surface area contributed by atoms with Gasteiger partial charge in [-0.1, -0.05) is 36.8 Å². The van der Waals surface area contributed by atoms with E-state index in [9.17, 15) is 0 Å². The molecular weight excluding hydrogens is 248 g/mol. The summed E-state index contributed by atoms with van der Waals surface area (Å²) in [6.07, 6.45) is 3.66. The average molecular weight is 272 g/mol. The maximum absolute atomic E-state index is 4.34. The highest BCUT2D eigenvalue weighted by atomic mass is 15.3. The van der Waals surface area contributed by atoms with Gasteiger partial charge in [-0.05, 0) is 37.9 Å². The third kappa shape index (κ3) is 4.17. The molecule has 1 unspecified atom stereocenters. The second-order valence-electron chi connectivity index (χ2n) is 5.37. The maximum Gasteiger partial charge on any atom is 0.138 e.